The number of amides is 1. The number of rotatable bonds is 4. The number of hydrogen-bond donors (Lipinski definition) is 0. The molecule has 2 aliphatic rings. The van der Waals surface area contributed by atoms with E-state index in [4.69, 9.17) is 24.2 Å². The van der Waals surface area contributed by atoms with Crippen molar-refractivity contribution in [1.82, 2.24) is 14.9 Å². The molecule has 0 radical (unpaired) electrons. The van der Waals surface area contributed by atoms with Gasteiger partial charge in [-0.15, -0.1) is 0 Å². The third-order valence-corrected chi connectivity index (χ3v) is 5.72. The minimum absolute atomic E-state index is 0.237. The predicted molar refractivity (Wildman–Crippen MR) is 114 cm³/mol. The van der Waals surface area contributed by atoms with Crippen molar-refractivity contribution in [2.24, 2.45) is 0 Å². The van der Waals surface area contributed by atoms with Gasteiger partial charge in [-0.2, -0.15) is 0 Å². The molecule has 2 heterocycles. The van der Waals surface area contributed by atoms with E-state index in [1.807, 2.05) is 32.9 Å². The highest BCUT2D eigenvalue weighted by molar-refractivity contribution is 5.85. The van der Waals surface area contributed by atoms with Crippen molar-refractivity contribution in [3.63, 3.8) is 0 Å². The quantitative estimate of drug-likeness (QED) is 0.727. The molecule has 1 saturated carbocycles. The van der Waals surface area contributed by atoms with Crippen LogP contribution in [0.5, 0.6) is 11.5 Å². The molecule has 7 nitrogen and oxygen atoms in total. The van der Waals surface area contributed by atoms with E-state index in [2.05, 4.69) is 0 Å². The van der Waals surface area contributed by atoms with Crippen LogP contribution in [0.25, 0.3) is 10.9 Å². The normalized spacial score (nSPS) is 17.8. The van der Waals surface area contributed by atoms with Crippen LogP contribution in [0.3, 0.4) is 0 Å². The minimum Gasteiger partial charge on any atom is -0.493 e. The van der Waals surface area contributed by atoms with Crippen LogP contribution in [0.1, 0.15) is 69.8 Å². The fraction of sp³-hybridized carbons (Fsp3) is 0.609. The summed E-state index contributed by atoms with van der Waals surface area (Å²) >= 11 is 0. The summed E-state index contributed by atoms with van der Waals surface area (Å²) in [6.45, 7) is 7.01. The summed E-state index contributed by atoms with van der Waals surface area (Å²) in [5, 5.41) is 1.01. The zero-order valence-corrected chi connectivity index (χ0v) is 18.5. The molecule has 2 aromatic rings. The lowest BCUT2D eigenvalue weighted by atomic mass is 9.91. The van der Waals surface area contributed by atoms with Crippen LogP contribution >= 0.6 is 0 Å². The first-order valence-electron chi connectivity index (χ1n) is 10.7. The van der Waals surface area contributed by atoms with Crippen molar-refractivity contribution in [3.05, 3.63) is 23.7 Å². The average molecular weight is 414 g/mol. The molecular weight excluding hydrogens is 382 g/mol. The zero-order valence-electron chi connectivity index (χ0n) is 18.5. The molecule has 162 valence electrons. The molecule has 1 aromatic heterocycles. The van der Waals surface area contributed by atoms with Crippen LogP contribution < -0.4 is 9.47 Å². The van der Waals surface area contributed by atoms with Gasteiger partial charge < -0.3 is 19.1 Å². The number of fused-ring (bicyclic) bond motifs is 1. The SMILES string of the molecule is COc1cc2nc(C3CC3)nc(C3CCN(C(=O)OC(C)(C)C)CC3)c2cc1OC. The molecule has 30 heavy (non-hydrogen) atoms. The Morgan fingerprint density at radius 2 is 1.60 bits per heavy atom. The lowest BCUT2D eigenvalue weighted by molar-refractivity contribution is 0.0204. The van der Waals surface area contributed by atoms with Gasteiger partial charge in [0, 0.05) is 36.4 Å². The smallest absolute Gasteiger partial charge is 0.410 e. The summed E-state index contributed by atoms with van der Waals surface area (Å²) in [5.41, 5.74) is 1.48. The number of nitrogens with zero attached hydrogens (tertiary/aromatic N) is 3. The number of piperidine rings is 1. The number of methoxy groups -OCH3 is 2. The number of likely N-dealkylation sites (tertiary alicyclic amines) is 1. The highest BCUT2D eigenvalue weighted by Crippen LogP contribution is 2.42. The van der Waals surface area contributed by atoms with Gasteiger partial charge in [0.2, 0.25) is 0 Å². The Balaban J connectivity index is 1.62. The number of ether oxygens (including phenoxy) is 3. The third-order valence-electron chi connectivity index (χ3n) is 5.72. The van der Waals surface area contributed by atoms with E-state index in [0.29, 0.717) is 30.5 Å². The van der Waals surface area contributed by atoms with E-state index in [0.717, 1.165) is 48.1 Å². The van der Waals surface area contributed by atoms with Gasteiger partial charge in [0.05, 0.1) is 25.4 Å². The molecule has 0 unspecified atom stereocenters. The lowest BCUT2D eigenvalue weighted by Gasteiger charge is -2.33. The molecule has 0 spiro atoms. The molecule has 1 aliphatic carbocycles. The average Bonchev–Trinajstić information content (AvgIpc) is 3.56. The van der Waals surface area contributed by atoms with E-state index >= 15 is 0 Å². The van der Waals surface area contributed by atoms with Gasteiger partial charge >= 0.3 is 6.09 Å². The summed E-state index contributed by atoms with van der Waals surface area (Å²) in [4.78, 5) is 24.1. The third kappa shape index (κ3) is 4.30. The summed E-state index contributed by atoms with van der Waals surface area (Å²) in [5.74, 6) is 3.02. The molecule has 1 aliphatic heterocycles. The van der Waals surface area contributed by atoms with Crippen molar-refractivity contribution >= 4 is 17.0 Å². The van der Waals surface area contributed by atoms with Gasteiger partial charge in [-0.3, -0.25) is 0 Å². The number of carbonyl (C=O) groups is 1. The highest BCUT2D eigenvalue weighted by Gasteiger charge is 2.32. The first kappa shape index (κ1) is 20.7. The first-order valence-corrected chi connectivity index (χ1v) is 10.7. The maximum atomic E-state index is 12.4. The molecule has 0 N–H and O–H groups in total. The second kappa shape index (κ2) is 7.93. The largest absolute Gasteiger partial charge is 0.493 e. The molecule has 0 atom stereocenters. The van der Waals surface area contributed by atoms with E-state index in [1.54, 1.807) is 19.1 Å². The number of hydrogen-bond acceptors (Lipinski definition) is 6. The Morgan fingerprint density at radius 3 is 2.17 bits per heavy atom. The highest BCUT2D eigenvalue weighted by atomic mass is 16.6. The molecule has 1 amide bonds. The molecule has 2 fully saturated rings. The van der Waals surface area contributed by atoms with Crippen LogP contribution in [0.4, 0.5) is 4.79 Å². The Labute approximate surface area is 177 Å². The predicted octanol–water partition coefficient (Wildman–Crippen LogP) is 4.64. The van der Waals surface area contributed by atoms with Gasteiger partial charge in [0.25, 0.3) is 0 Å². The van der Waals surface area contributed by atoms with Crippen molar-refractivity contribution in [1.29, 1.82) is 0 Å². The van der Waals surface area contributed by atoms with Crippen LogP contribution in [-0.4, -0.2) is 53.9 Å². The van der Waals surface area contributed by atoms with Crippen LogP contribution in [0.2, 0.25) is 0 Å². The Bertz CT molecular complexity index is 942. The molecule has 4 rings (SSSR count). The van der Waals surface area contributed by atoms with Crippen LogP contribution in [-0.2, 0) is 4.74 Å². The van der Waals surface area contributed by atoms with Crippen molar-refractivity contribution in [3.8, 4) is 11.5 Å². The summed E-state index contributed by atoms with van der Waals surface area (Å²) in [7, 11) is 3.28. The molecular formula is C23H31N3O4. The topological polar surface area (TPSA) is 73.8 Å². The zero-order chi connectivity index (χ0) is 21.5. The summed E-state index contributed by atoms with van der Waals surface area (Å²) < 4.78 is 16.5. The van der Waals surface area contributed by atoms with E-state index in [-0.39, 0.29) is 12.0 Å². The van der Waals surface area contributed by atoms with Gasteiger partial charge in [-0.25, -0.2) is 14.8 Å². The maximum absolute atomic E-state index is 12.4. The number of benzene rings is 1. The fourth-order valence-electron chi connectivity index (χ4n) is 4.00. The monoisotopic (exact) mass is 413 g/mol. The Hall–Kier alpha value is -2.57. The van der Waals surface area contributed by atoms with Gasteiger partial charge in [0.1, 0.15) is 11.4 Å². The summed E-state index contributed by atoms with van der Waals surface area (Å²) in [6.07, 6.45) is 3.76. The minimum atomic E-state index is -0.481. The Kier molecular flexibility index (Phi) is 5.47. The number of aromatic nitrogens is 2. The van der Waals surface area contributed by atoms with Crippen molar-refractivity contribution in [2.75, 3.05) is 27.3 Å². The van der Waals surface area contributed by atoms with Gasteiger partial charge in [-0.05, 0) is 52.5 Å². The maximum Gasteiger partial charge on any atom is 0.410 e. The Morgan fingerprint density at radius 1 is 0.967 bits per heavy atom. The standard InChI is InChI=1S/C23H31N3O4/c1-23(2,3)30-22(27)26-10-8-14(9-11-26)20-16-12-18(28-4)19(29-5)13-17(16)24-21(25-20)15-6-7-15/h12-15H,6-11H2,1-5H3. The second-order valence-corrected chi connectivity index (χ2v) is 9.21. The second-order valence-electron chi connectivity index (χ2n) is 9.21. The number of carbonyl (C=O) groups excluding carboxylic acids is 1. The first-order chi connectivity index (χ1) is 14.3. The molecule has 0 bridgehead atoms. The van der Waals surface area contributed by atoms with Gasteiger partial charge in [-0.1, -0.05) is 0 Å². The molecule has 1 aromatic carbocycles. The van der Waals surface area contributed by atoms with E-state index in [9.17, 15) is 4.79 Å². The van der Waals surface area contributed by atoms with Crippen molar-refractivity contribution < 1.29 is 19.0 Å². The van der Waals surface area contributed by atoms with E-state index in [1.165, 1.54) is 0 Å². The summed E-state index contributed by atoms with van der Waals surface area (Å²) in [6, 6.07) is 3.93. The van der Waals surface area contributed by atoms with E-state index < -0.39 is 5.60 Å². The molecule has 7 heteroatoms. The van der Waals surface area contributed by atoms with Crippen molar-refractivity contribution in [2.45, 2.75) is 63.9 Å². The van der Waals surface area contributed by atoms with Crippen LogP contribution in [0.15, 0.2) is 12.1 Å². The van der Waals surface area contributed by atoms with Crippen LogP contribution in [0, 0.1) is 0 Å². The fourth-order valence-corrected chi connectivity index (χ4v) is 4.00. The lowest BCUT2D eigenvalue weighted by Crippen LogP contribution is -2.41. The molecule has 1 saturated heterocycles. The van der Waals surface area contributed by atoms with Gasteiger partial charge in [0.15, 0.2) is 11.5 Å².